The summed E-state index contributed by atoms with van der Waals surface area (Å²) >= 11 is 0. The second-order valence-electron chi connectivity index (χ2n) is 9.64. The molecule has 2 aliphatic rings. The van der Waals surface area contributed by atoms with Crippen LogP contribution in [0, 0.1) is 5.92 Å². The first-order chi connectivity index (χ1) is 16.9. The molecule has 3 aromatic rings. The van der Waals surface area contributed by atoms with Crippen LogP contribution in [0.3, 0.4) is 0 Å². The molecule has 0 atom stereocenters. The SMILES string of the molecule is CN(Cc1cnn(-c2ccccc2)c1)C(=O)C1CCN(S(=O)(=O)c2ccc3c(c2)CCCC3)CC1. The molecule has 184 valence electrons. The average Bonchev–Trinajstić information content (AvgIpc) is 3.37. The quantitative estimate of drug-likeness (QED) is 0.524. The molecule has 7 nitrogen and oxygen atoms in total. The standard InChI is InChI=1S/C27H32N4O3S/c1-29(19-21-18-28-31(20-21)25-9-3-2-4-10-25)27(32)23-13-15-30(16-14-23)35(33,34)26-12-11-22-7-5-6-8-24(22)17-26/h2-4,9-12,17-18,20,23H,5-8,13-16,19H2,1H3. The Morgan fingerprint density at radius 2 is 1.74 bits per heavy atom. The third-order valence-corrected chi connectivity index (χ3v) is 9.11. The number of aromatic nitrogens is 2. The summed E-state index contributed by atoms with van der Waals surface area (Å²) in [7, 11) is -1.74. The highest BCUT2D eigenvalue weighted by molar-refractivity contribution is 7.89. The molecule has 0 spiro atoms. The summed E-state index contributed by atoms with van der Waals surface area (Å²) in [6.07, 6.45) is 9.06. The fourth-order valence-electron chi connectivity index (χ4n) is 5.19. The summed E-state index contributed by atoms with van der Waals surface area (Å²) in [6, 6.07) is 15.4. The maximum atomic E-state index is 13.3. The van der Waals surface area contributed by atoms with Crippen molar-refractivity contribution in [3.8, 4) is 5.69 Å². The maximum Gasteiger partial charge on any atom is 0.243 e. The highest BCUT2D eigenvalue weighted by Gasteiger charge is 2.33. The third-order valence-electron chi connectivity index (χ3n) is 7.21. The van der Waals surface area contributed by atoms with E-state index < -0.39 is 10.0 Å². The molecule has 2 heterocycles. The molecule has 0 bridgehead atoms. The lowest BCUT2D eigenvalue weighted by Crippen LogP contribution is -2.43. The van der Waals surface area contributed by atoms with Crippen molar-refractivity contribution in [2.75, 3.05) is 20.1 Å². The third kappa shape index (κ3) is 5.04. The minimum atomic E-state index is -3.54. The Bertz CT molecular complexity index is 1290. The van der Waals surface area contributed by atoms with Crippen LogP contribution in [0.5, 0.6) is 0 Å². The molecule has 1 aliphatic heterocycles. The highest BCUT2D eigenvalue weighted by atomic mass is 32.2. The van der Waals surface area contributed by atoms with Gasteiger partial charge in [-0.1, -0.05) is 24.3 Å². The van der Waals surface area contributed by atoms with Crippen molar-refractivity contribution in [1.82, 2.24) is 19.0 Å². The molecule has 1 amide bonds. The van der Waals surface area contributed by atoms with E-state index >= 15 is 0 Å². The van der Waals surface area contributed by atoms with Crippen molar-refractivity contribution in [2.45, 2.75) is 50.0 Å². The molecule has 5 rings (SSSR count). The number of piperidine rings is 1. The first kappa shape index (κ1) is 23.8. The van der Waals surface area contributed by atoms with Crippen molar-refractivity contribution in [2.24, 2.45) is 5.92 Å². The Kier molecular flexibility index (Phi) is 6.75. The summed E-state index contributed by atoms with van der Waals surface area (Å²) < 4.78 is 29.9. The molecule has 1 fully saturated rings. The smallest absolute Gasteiger partial charge is 0.243 e. The molecule has 0 radical (unpaired) electrons. The molecule has 35 heavy (non-hydrogen) atoms. The number of carbonyl (C=O) groups excluding carboxylic acids is 1. The molecule has 1 saturated heterocycles. The number of benzene rings is 2. The summed E-state index contributed by atoms with van der Waals surface area (Å²) in [5.74, 6) is -0.109. The van der Waals surface area contributed by atoms with Gasteiger partial charge in [-0.05, 0) is 73.9 Å². The van der Waals surface area contributed by atoms with Gasteiger partial charge in [0.05, 0.1) is 16.8 Å². The highest BCUT2D eigenvalue weighted by Crippen LogP contribution is 2.29. The lowest BCUT2D eigenvalue weighted by atomic mass is 9.92. The van der Waals surface area contributed by atoms with Gasteiger partial charge in [-0.25, -0.2) is 13.1 Å². The van der Waals surface area contributed by atoms with Crippen LogP contribution < -0.4 is 0 Å². The lowest BCUT2D eigenvalue weighted by molar-refractivity contribution is -0.135. The van der Waals surface area contributed by atoms with Crippen molar-refractivity contribution < 1.29 is 13.2 Å². The van der Waals surface area contributed by atoms with Crippen molar-refractivity contribution >= 4 is 15.9 Å². The molecular formula is C27H32N4O3S. The van der Waals surface area contributed by atoms with E-state index in [4.69, 9.17) is 0 Å². The number of sulfonamides is 1. The molecule has 0 saturated carbocycles. The number of fused-ring (bicyclic) bond motifs is 1. The Balaban J connectivity index is 1.18. The summed E-state index contributed by atoms with van der Waals surface area (Å²) in [5, 5.41) is 4.41. The summed E-state index contributed by atoms with van der Waals surface area (Å²) in [6.45, 7) is 1.21. The fraction of sp³-hybridized carbons (Fsp3) is 0.407. The minimum absolute atomic E-state index is 0.0586. The Labute approximate surface area is 207 Å². The molecule has 1 aliphatic carbocycles. The number of rotatable bonds is 6. The van der Waals surface area contributed by atoms with E-state index in [0.29, 0.717) is 37.4 Å². The second kappa shape index (κ2) is 9.95. The number of hydrogen-bond donors (Lipinski definition) is 0. The summed E-state index contributed by atoms with van der Waals surface area (Å²) in [5.41, 5.74) is 4.37. The van der Waals surface area contributed by atoms with Gasteiger partial charge >= 0.3 is 0 Å². The molecule has 8 heteroatoms. The number of nitrogens with zero attached hydrogens (tertiary/aromatic N) is 4. The monoisotopic (exact) mass is 492 g/mol. The maximum absolute atomic E-state index is 13.3. The van der Waals surface area contributed by atoms with Crippen LogP contribution in [0.4, 0.5) is 0 Å². The first-order valence-electron chi connectivity index (χ1n) is 12.4. The number of hydrogen-bond acceptors (Lipinski definition) is 4. The van der Waals surface area contributed by atoms with Crippen molar-refractivity contribution in [3.05, 3.63) is 77.6 Å². The van der Waals surface area contributed by atoms with Gasteiger partial charge in [0.2, 0.25) is 15.9 Å². The Morgan fingerprint density at radius 1 is 1.03 bits per heavy atom. The van der Waals surface area contributed by atoms with Crippen LogP contribution in [0.25, 0.3) is 5.69 Å². The number of amides is 1. The molecule has 0 unspecified atom stereocenters. The van der Waals surface area contributed by atoms with E-state index in [-0.39, 0.29) is 11.8 Å². The van der Waals surface area contributed by atoms with E-state index in [2.05, 4.69) is 5.10 Å². The second-order valence-corrected chi connectivity index (χ2v) is 11.6. The zero-order valence-electron chi connectivity index (χ0n) is 20.1. The van der Waals surface area contributed by atoms with Crippen LogP contribution >= 0.6 is 0 Å². The number of para-hydroxylation sites is 1. The van der Waals surface area contributed by atoms with Gasteiger partial charge in [-0.15, -0.1) is 0 Å². The zero-order valence-corrected chi connectivity index (χ0v) is 21.0. The molecular weight excluding hydrogens is 460 g/mol. The molecule has 0 N–H and O–H groups in total. The normalized spacial score (nSPS) is 17.2. The van der Waals surface area contributed by atoms with E-state index in [0.717, 1.165) is 30.5 Å². The average molecular weight is 493 g/mol. The molecule has 1 aromatic heterocycles. The number of carbonyl (C=O) groups is 1. The van der Waals surface area contributed by atoms with Crippen LogP contribution in [-0.4, -0.2) is 53.4 Å². The first-order valence-corrected chi connectivity index (χ1v) is 13.8. The van der Waals surface area contributed by atoms with Gasteiger partial charge in [-0.2, -0.15) is 9.40 Å². The van der Waals surface area contributed by atoms with E-state index in [1.165, 1.54) is 17.5 Å². The van der Waals surface area contributed by atoms with Crippen LogP contribution in [0.1, 0.15) is 42.4 Å². The van der Waals surface area contributed by atoms with Gasteiger partial charge in [0.15, 0.2) is 0 Å². The topological polar surface area (TPSA) is 75.5 Å². The van der Waals surface area contributed by atoms with Gasteiger partial charge in [0, 0.05) is 44.4 Å². The summed E-state index contributed by atoms with van der Waals surface area (Å²) in [4.78, 5) is 15.2. The van der Waals surface area contributed by atoms with Crippen molar-refractivity contribution in [1.29, 1.82) is 0 Å². The zero-order chi connectivity index (χ0) is 24.4. The van der Waals surface area contributed by atoms with E-state index in [1.807, 2.05) is 48.7 Å². The van der Waals surface area contributed by atoms with E-state index in [9.17, 15) is 13.2 Å². The molecule has 2 aromatic carbocycles. The van der Waals surface area contributed by atoms with Gasteiger partial charge in [0.1, 0.15) is 0 Å². The number of aryl methyl sites for hydroxylation is 2. The predicted molar refractivity (Wildman–Crippen MR) is 135 cm³/mol. The van der Waals surface area contributed by atoms with Crippen LogP contribution in [-0.2, 0) is 34.2 Å². The van der Waals surface area contributed by atoms with Gasteiger partial charge in [-0.3, -0.25) is 4.79 Å². The van der Waals surface area contributed by atoms with Gasteiger partial charge < -0.3 is 4.90 Å². The Hall–Kier alpha value is -2.97. The van der Waals surface area contributed by atoms with Crippen LogP contribution in [0.15, 0.2) is 65.8 Å². The largest absolute Gasteiger partial charge is 0.341 e. The minimum Gasteiger partial charge on any atom is -0.341 e. The van der Waals surface area contributed by atoms with Gasteiger partial charge in [0.25, 0.3) is 0 Å². The van der Waals surface area contributed by atoms with E-state index in [1.54, 1.807) is 33.2 Å². The fourth-order valence-corrected chi connectivity index (χ4v) is 6.71. The van der Waals surface area contributed by atoms with Crippen molar-refractivity contribution in [3.63, 3.8) is 0 Å². The van der Waals surface area contributed by atoms with Crippen LogP contribution in [0.2, 0.25) is 0 Å². The lowest BCUT2D eigenvalue weighted by Gasteiger charge is -2.32. The predicted octanol–water partition coefficient (Wildman–Crippen LogP) is 3.81. The Morgan fingerprint density at radius 3 is 2.49 bits per heavy atom.